The van der Waals surface area contributed by atoms with Crippen molar-refractivity contribution in [3.8, 4) is 6.07 Å². The molecule has 0 N–H and O–H groups in total. The van der Waals surface area contributed by atoms with Crippen LogP contribution in [-0.4, -0.2) is 23.3 Å². The van der Waals surface area contributed by atoms with Gasteiger partial charge in [-0.25, -0.2) is 4.79 Å². The standard InChI is InChI=1S/C8H7N3O2/c1-5-3-6(8(12)13-2)10-11-7(5)4-9/h3H,1-2H3. The lowest BCUT2D eigenvalue weighted by atomic mass is 10.2. The first-order valence-corrected chi connectivity index (χ1v) is 3.51. The monoisotopic (exact) mass is 177 g/mol. The summed E-state index contributed by atoms with van der Waals surface area (Å²) in [5.41, 5.74) is 0.935. The van der Waals surface area contributed by atoms with E-state index in [-0.39, 0.29) is 11.4 Å². The van der Waals surface area contributed by atoms with E-state index in [1.807, 2.05) is 6.07 Å². The van der Waals surface area contributed by atoms with E-state index in [2.05, 4.69) is 14.9 Å². The van der Waals surface area contributed by atoms with Gasteiger partial charge in [-0.15, -0.1) is 10.2 Å². The normalized spacial score (nSPS) is 9.00. The third-order valence-electron chi connectivity index (χ3n) is 1.48. The lowest BCUT2D eigenvalue weighted by Gasteiger charge is -1.98. The van der Waals surface area contributed by atoms with Crippen molar-refractivity contribution in [3.05, 3.63) is 23.0 Å². The maximum atomic E-state index is 11.0. The highest BCUT2D eigenvalue weighted by atomic mass is 16.5. The number of hydrogen-bond acceptors (Lipinski definition) is 5. The summed E-state index contributed by atoms with van der Waals surface area (Å²) in [6, 6.07) is 3.32. The molecular weight excluding hydrogens is 170 g/mol. The van der Waals surface area contributed by atoms with Gasteiger partial charge in [-0.1, -0.05) is 0 Å². The number of nitriles is 1. The topological polar surface area (TPSA) is 75.9 Å². The van der Waals surface area contributed by atoms with Crippen LogP contribution >= 0.6 is 0 Å². The predicted octanol–water partition coefficient (Wildman–Crippen LogP) is 0.443. The first-order valence-electron chi connectivity index (χ1n) is 3.51. The van der Waals surface area contributed by atoms with Gasteiger partial charge in [-0.05, 0) is 18.6 Å². The van der Waals surface area contributed by atoms with Crippen LogP contribution in [0, 0.1) is 18.3 Å². The van der Waals surface area contributed by atoms with Crippen LogP contribution in [0.2, 0.25) is 0 Å². The highest BCUT2D eigenvalue weighted by Gasteiger charge is 2.09. The van der Waals surface area contributed by atoms with Gasteiger partial charge < -0.3 is 4.74 Å². The van der Waals surface area contributed by atoms with Gasteiger partial charge in [0.1, 0.15) is 6.07 Å². The summed E-state index contributed by atoms with van der Waals surface area (Å²) in [7, 11) is 1.26. The third-order valence-corrected chi connectivity index (χ3v) is 1.48. The van der Waals surface area contributed by atoms with Crippen LogP contribution in [0.1, 0.15) is 21.7 Å². The number of rotatable bonds is 1. The number of esters is 1. The number of carbonyl (C=O) groups is 1. The summed E-state index contributed by atoms with van der Waals surface area (Å²) in [4.78, 5) is 11.0. The molecule has 0 aliphatic carbocycles. The maximum Gasteiger partial charge on any atom is 0.358 e. The van der Waals surface area contributed by atoms with Gasteiger partial charge in [-0.2, -0.15) is 5.26 Å². The Kier molecular flexibility index (Phi) is 2.55. The Morgan fingerprint density at radius 2 is 2.31 bits per heavy atom. The Labute approximate surface area is 75.0 Å². The smallest absolute Gasteiger partial charge is 0.358 e. The average molecular weight is 177 g/mol. The van der Waals surface area contributed by atoms with Crippen molar-refractivity contribution in [2.75, 3.05) is 7.11 Å². The van der Waals surface area contributed by atoms with Crippen molar-refractivity contribution in [1.29, 1.82) is 5.26 Å². The van der Waals surface area contributed by atoms with Crippen molar-refractivity contribution in [2.45, 2.75) is 6.92 Å². The van der Waals surface area contributed by atoms with Gasteiger partial charge in [0, 0.05) is 0 Å². The molecule has 0 aromatic carbocycles. The number of aryl methyl sites for hydroxylation is 1. The molecule has 13 heavy (non-hydrogen) atoms. The van der Waals surface area contributed by atoms with Gasteiger partial charge in [-0.3, -0.25) is 0 Å². The van der Waals surface area contributed by atoms with Crippen LogP contribution in [0.4, 0.5) is 0 Å². The van der Waals surface area contributed by atoms with Crippen LogP contribution in [-0.2, 0) is 4.74 Å². The minimum absolute atomic E-state index is 0.110. The Balaban J connectivity index is 3.11. The number of methoxy groups -OCH3 is 1. The van der Waals surface area contributed by atoms with Crippen LogP contribution in [0.3, 0.4) is 0 Å². The molecule has 0 aliphatic heterocycles. The molecule has 0 aliphatic rings. The fourth-order valence-electron chi connectivity index (χ4n) is 0.800. The molecule has 0 saturated carbocycles. The third kappa shape index (κ3) is 1.79. The number of aromatic nitrogens is 2. The van der Waals surface area contributed by atoms with Crippen molar-refractivity contribution in [3.63, 3.8) is 0 Å². The molecule has 0 bridgehead atoms. The zero-order valence-corrected chi connectivity index (χ0v) is 7.24. The second kappa shape index (κ2) is 3.63. The largest absolute Gasteiger partial charge is 0.464 e. The van der Waals surface area contributed by atoms with E-state index in [1.54, 1.807) is 6.92 Å². The molecule has 66 valence electrons. The molecular formula is C8H7N3O2. The Bertz CT molecular complexity index is 381. The number of nitrogens with zero attached hydrogens (tertiary/aromatic N) is 3. The van der Waals surface area contributed by atoms with E-state index in [9.17, 15) is 4.79 Å². The second-order valence-corrected chi connectivity index (χ2v) is 2.36. The van der Waals surface area contributed by atoms with Gasteiger partial charge in [0.25, 0.3) is 0 Å². The molecule has 5 heteroatoms. The average Bonchev–Trinajstić information content (AvgIpc) is 2.16. The Hall–Kier alpha value is -1.96. The number of hydrogen-bond donors (Lipinski definition) is 0. The molecule has 1 heterocycles. The SMILES string of the molecule is COC(=O)c1cc(C)c(C#N)nn1. The molecule has 0 radical (unpaired) electrons. The molecule has 1 aromatic rings. The van der Waals surface area contributed by atoms with Crippen LogP contribution < -0.4 is 0 Å². The lowest BCUT2D eigenvalue weighted by Crippen LogP contribution is -2.07. The Morgan fingerprint density at radius 3 is 2.77 bits per heavy atom. The first-order chi connectivity index (χ1) is 6.19. The van der Waals surface area contributed by atoms with Crippen molar-refractivity contribution < 1.29 is 9.53 Å². The van der Waals surface area contributed by atoms with Gasteiger partial charge >= 0.3 is 5.97 Å². The first kappa shape index (κ1) is 9.13. The van der Waals surface area contributed by atoms with Gasteiger partial charge in [0.2, 0.25) is 0 Å². The molecule has 5 nitrogen and oxygen atoms in total. The van der Waals surface area contributed by atoms with Crippen molar-refractivity contribution >= 4 is 5.97 Å². The lowest BCUT2D eigenvalue weighted by molar-refractivity contribution is 0.0592. The minimum atomic E-state index is -0.555. The summed E-state index contributed by atoms with van der Waals surface area (Å²) in [5, 5.41) is 15.6. The fraction of sp³-hybridized carbons (Fsp3) is 0.250. The molecule has 0 amide bonds. The van der Waals surface area contributed by atoms with E-state index < -0.39 is 5.97 Å². The minimum Gasteiger partial charge on any atom is -0.464 e. The molecule has 1 aromatic heterocycles. The summed E-state index contributed by atoms with van der Waals surface area (Å²) < 4.78 is 4.44. The van der Waals surface area contributed by atoms with E-state index >= 15 is 0 Å². The highest BCUT2D eigenvalue weighted by molar-refractivity contribution is 5.87. The van der Waals surface area contributed by atoms with E-state index in [0.29, 0.717) is 5.56 Å². The Morgan fingerprint density at radius 1 is 1.62 bits per heavy atom. The summed E-state index contributed by atoms with van der Waals surface area (Å²) >= 11 is 0. The number of carbonyl (C=O) groups excluding carboxylic acids is 1. The van der Waals surface area contributed by atoms with Crippen LogP contribution in [0.15, 0.2) is 6.07 Å². The summed E-state index contributed by atoms with van der Waals surface area (Å²) in [6.07, 6.45) is 0. The molecule has 0 fully saturated rings. The van der Waals surface area contributed by atoms with Gasteiger partial charge in [0.15, 0.2) is 11.4 Å². The van der Waals surface area contributed by atoms with Gasteiger partial charge in [0.05, 0.1) is 7.11 Å². The predicted molar refractivity (Wildman–Crippen MR) is 42.8 cm³/mol. The molecule has 0 atom stereocenters. The molecule has 0 unspecified atom stereocenters. The second-order valence-electron chi connectivity index (χ2n) is 2.36. The zero-order valence-electron chi connectivity index (χ0n) is 7.24. The molecule has 1 rings (SSSR count). The highest BCUT2D eigenvalue weighted by Crippen LogP contribution is 2.04. The summed E-state index contributed by atoms with van der Waals surface area (Å²) in [6.45, 7) is 1.68. The molecule has 0 spiro atoms. The van der Waals surface area contributed by atoms with E-state index in [4.69, 9.17) is 5.26 Å². The van der Waals surface area contributed by atoms with Crippen molar-refractivity contribution in [1.82, 2.24) is 10.2 Å². The fourth-order valence-corrected chi connectivity index (χ4v) is 0.800. The molecule has 0 saturated heterocycles. The summed E-state index contributed by atoms with van der Waals surface area (Å²) in [5.74, 6) is -0.555. The van der Waals surface area contributed by atoms with Crippen LogP contribution in [0.5, 0.6) is 0 Å². The van der Waals surface area contributed by atoms with Crippen molar-refractivity contribution in [2.24, 2.45) is 0 Å². The number of ether oxygens (including phenoxy) is 1. The zero-order chi connectivity index (χ0) is 9.84. The quantitative estimate of drug-likeness (QED) is 0.582. The maximum absolute atomic E-state index is 11.0. The van der Waals surface area contributed by atoms with E-state index in [0.717, 1.165) is 0 Å². The van der Waals surface area contributed by atoms with E-state index in [1.165, 1.54) is 13.2 Å². The van der Waals surface area contributed by atoms with Crippen LogP contribution in [0.25, 0.3) is 0 Å².